The van der Waals surface area contributed by atoms with Crippen LogP contribution in [0.25, 0.3) is 11.0 Å². The molecule has 1 atom stereocenters. The Kier molecular flexibility index (Phi) is 5.18. The lowest BCUT2D eigenvalue weighted by molar-refractivity contribution is 0.0651. The molecule has 1 aliphatic rings. The average Bonchev–Trinajstić information content (AvgIpc) is 3.56. The predicted molar refractivity (Wildman–Crippen MR) is 131 cm³/mol. The van der Waals surface area contributed by atoms with Crippen LogP contribution in [0.5, 0.6) is 5.75 Å². The number of aromatic nitrogens is 3. The van der Waals surface area contributed by atoms with Gasteiger partial charge in [-0.3, -0.25) is 4.79 Å². The van der Waals surface area contributed by atoms with E-state index in [0.29, 0.717) is 24.4 Å². The zero-order valence-electron chi connectivity index (χ0n) is 19.1. The normalized spacial score (nSPS) is 15.2. The summed E-state index contributed by atoms with van der Waals surface area (Å²) in [5, 5.41) is 12.1. The van der Waals surface area contributed by atoms with Crippen molar-refractivity contribution in [2.24, 2.45) is 0 Å². The fraction of sp³-hybridized carbons (Fsp3) is 0.148. The van der Waals surface area contributed by atoms with Crippen LogP contribution in [0.3, 0.4) is 0 Å². The van der Waals surface area contributed by atoms with E-state index >= 15 is 0 Å². The molecule has 1 amide bonds. The van der Waals surface area contributed by atoms with E-state index in [1.807, 2.05) is 77.5 Å². The highest BCUT2D eigenvalue weighted by atomic mass is 16.5. The zero-order valence-corrected chi connectivity index (χ0v) is 19.1. The molecule has 0 radical (unpaired) electrons. The maximum absolute atomic E-state index is 13.5. The van der Waals surface area contributed by atoms with Crippen LogP contribution in [0.4, 0.5) is 5.69 Å². The summed E-state index contributed by atoms with van der Waals surface area (Å²) in [6.07, 6.45) is 1.23. The van der Waals surface area contributed by atoms with Gasteiger partial charge in [-0.2, -0.15) is 0 Å². The number of carbonyl (C=O) groups excluding carboxylic acids is 1. The number of benzene rings is 3. The lowest BCUT2D eigenvalue weighted by atomic mass is 10.0. The Morgan fingerprint density at radius 1 is 1.00 bits per heavy atom. The molecule has 3 aromatic carbocycles. The van der Waals surface area contributed by atoms with Crippen LogP contribution >= 0.6 is 0 Å². The number of carbonyl (C=O) groups is 1. The maximum atomic E-state index is 13.5. The summed E-state index contributed by atoms with van der Waals surface area (Å²) in [4.78, 5) is 15.3. The molecule has 0 saturated carbocycles. The quantitative estimate of drug-likeness (QED) is 0.386. The van der Waals surface area contributed by atoms with Gasteiger partial charge in [0.1, 0.15) is 23.2 Å². The van der Waals surface area contributed by atoms with Gasteiger partial charge < -0.3 is 19.4 Å². The Hall–Kier alpha value is -4.59. The molecule has 6 rings (SSSR count). The first-order valence-corrected chi connectivity index (χ1v) is 11.4. The van der Waals surface area contributed by atoms with E-state index in [1.165, 1.54) is 0 Å². The third-order valence-corrected chi connectivity index (χ3v) is 6.29. The molecule has 1 N–H and O–H groups in total. The van der Waals surface area contributed by atoms with Crippen LogP contribution in [0.1, 0.15) is 33.4 Å². The number of rotatable bonds is 6. The summed E-state index contributed by atoms with van der Waals surface area (Å²) in [7, 11) is 1.65. The average molecular weight is 466 g/mol. The number of hydrogen-bond donors (Lipinski definition) is 1. The number of amides is 1. The summed E-state index contributed by atoms with van der Waals surface area (Å²) in [5.74, 6) is 1.40. The first-order valence-electron chi connectivity index (χ1n) is 11.4. The van der Waals surface area contributed by atoms with Crippen molar-refractivity contribution in [3.8, 4) is 5.75 Å². The number of anilines is 1. The Morgan fingerprint density at radius 3 is 2.71 bits per heavy atom. The van der Waals surface area contributed by atoms with Crippen molar-refractivity contribution in [3.05, 3.63) is 108 Å². The molecule has 0 bridgehead atoms. The zero-order chi connectivity index (χ0) is 23.8. The van der Waals surface area contributed by atoms with Gasteiger partial charge >= 0.3 is 0 Å². The molecule has 1 aliphatic heterocycles. The highest BCUT2D eigenvalue weighted by Crippen LogP contribution is 2.36. The number of methoxy groups -OCH3 is 1. The van der Waals surface area contributed by atoms with Gasteiger partial charge in [0.05, 0.1) is 37.5 Å². The molecule has 35 heavy (non-hydrogen) atoms. The Balaban J connectivity index is 1.40. The topological polar surface area (TPSA) is 85.4 Å². The van der Waals surface area contributed by atoms with Gasteiger partial charge in [0.25, 0.3) is 5.91 Å². The lowest BCUT2D eigenvalue weighted by Crippen LogP contribution is -2.42. The minimum atomic E-state index is -0.389. The van der Waals surface area contributed by atoms with E-state index in [2.05, 4.69) is 21.7 Å². The van der Waals surface area contributed by atoms with Gasteiger partial charge in [-0.05, 0) is 54.1 Å². The minimum Gasteiger partial charge on any atom is -0.496 e. The first-order chi connectivity index (χ1) is 17.2. The van der Waals surface area contributed by atoms with Crippen LogP contribution in [0, 0.1) is 0 Å². The number of ether oxygens (including phenoxy) is 1. The van der Waals surface area contributed by atoms with E-state index < -0.39 is 0 Å². The van der Waals surface area contributed by atoms with E-state index in [-0.39, 0.29) is 12.1 Å². The van der Waals surface area contributed by atoms with Gasteiger partial charge in [-0.15, -0.1) is 5.10 Å². The largest absolute Gasteiger partial charge is 0.496 e. The van der Waals surface area contributed by atoms with Crippen molar-refractivity contribution in [1.82, 2.24) is 19.9 Å². The highest BCUT2D eigenvalue weighted by Gasteiger charge is 2.33. The van der Waals surface area contributed by atoms with Crippen molar-refractivity contribution in [2.75, 3.05) is 12.4 Å². The number of furan rings is 1. The van der Waals surface area contributed by atoms with Crippen LogP contribution in [-0.2, 0) is 13.1 Å². The molecular formula is C27H23N5O3. The fourth-order valence-electron chi connectivity index (χ4n) is 4.58. The maximum Gasteiger partial charge on any atom is 0.258 e. The van der Waals surface area contributed by atoms with Gasteiger partial charge in [-0.1, -0.05) is 35.5 Å². The van der Waals surface area contributed by atoms with Gasteiger partial charge in [0, 0.05) is 11.3 Å². The number of hydrogen-bond acceptors (Lipinski definition) is 6. The molecule has 0 fully saturated rings. The summed E-state index contributed by atoms with van der Waals surface area (Å²) in [6, 6.07) is 25.1. The Labute approximate surface area is 201 Å². The molecule has 0 saturated heterocycles. The number of nitrogens with zero attached hydrogens (tertiary/aromatic N) is 4. The summed E-state index contributed by atoms with van der Waals surface area (Å²) < 4.78 is 13.1. The Morgan fingerprint density at radius 2 is 1.86 bits per heavy atom. The van der Waals surface area contributed by atoms with Gasteiger partial charge in [0.2, 0.25) is 0 Å². The van der Waals surface area contributed by atoms with E-state index in [0.717, 1.165) is 33.6 Å². The van der Waals surface area contributed by atoms with Crippen LogP contribution in [-0.4, -0.2) is 32.9 Å². The number of nitrogens with one attached hydrogen (secondary N) is 1. The third-order valence-electron chi connectivity index (χ3n) is 6.29. The lowest BCUT2D eigenvalue weighted by Gasteiger charge is -2.38. The second kappa shape index (κ2) is 8.64. The SMILES string of the molecule is COc1ccc([C@@H]2Nc3ccccc3C(=O)N2Cc2ccco2)cc1Cn1nnc2ccccc21. The monoisotopic (exact) mass is 465 g/mol. The smallest absolute Gasteiger partial charge is 0.258 e. The molecule has 0 aliphatic carbocycles. The molecule has 8 nitrogen and oxygen atoms in total. The van der Waals surface area contributed by atoms with Gasteiger partial charge in [-0.25, -0.2) is 4.68 Å². The van der Waals surface area contributed by atoms with E-state index in [9.17, 15) is 4.79 Å². The molecule has 3 heterocycles. The summed E-state index contributed by atoms with van der Waals surface area (Å²) in [6.45, 7) is 0.819. The number of fused-ring (bicyclic) bond motifs is 2. The van der Waals surface area contributed by atoms with E-state index in [4.69, 9.17) is 9.15 Å². The van der Waals surface area contributed by atoms with Crippen molar-refractivity contribution < 1.29 is 13.9 Å². The van der Waals surface area contributed by atoms with Gasteiger partial charge in [0.15, 0.2) is 0 Å². The molecule has 5 aromatic rings. The van der Waals surface area contributed by atoms with Crippen LogP contribution in [0.15, 0.2) is 89.5 Å². The highest BCUT2D eigenvalue weighted by molar-refractivity contribution is 6.01. The van der Waals surface area contributed by atoms with Crippen LogP contribution < -0.4 is 10.1 Å². The van der Waals surface area contributed by atoms with Crippen molar-refractivity contribution >= 4 is 22.6 Å². The second-order valence-corrected chi connectivity index (χ2v) is 8.41. The molecule has 0 unspecified atom stereocenters. The summed E-state index contributed by atoms with van der Waals surface area (Å²) >= 11 is 0. The third kappa shape index (κ3) is 3.78. The molecule has 2 aromatic heterocycles. The molecule has 8 heteroatoms. The van der Waals surface area contributed by atoms with Crippen molar-refractivity contribution in [3.63, 3.8) is 0 Å². The predicted octanol–water partition coefficient (Wildman–Crippen LogP) is 4.85. The van der Waals surface area contributed by atoms with E-state index in [1.54, 1.807) is 18.3 Å². The fourth-order valence-corrected chi connectivity index (χ4v) is 4.58. The first kappa shape index (κ1) is 21.0. The molecule has 0 spiro atoms. The Bertz CT molecular complexity index is 1510. The molecule has 174 valence electrons. The standard InChI is InChI=1S/C27H23N5O3/c1-34-25-13-12-18(15-19(25)16-32-24-11-5-4-10-23(24)29-30-32)26-28-22-9-3-2-8-21(22)27(33)31(26)17-20-7-6-14-35-20/h2-15,26,28H,16-17H2,1H3/t26-/m1/s1. The van der Waals surface area contributed by atoms with Crippen molar-refractivity contribution in [2.45, 2.75) is 19.3 Å². The molecular weight excluding hydrogens is 442 g/mol. The van der Waals surface area contributed by atoms with Crippen molar-refractivity contribution in [1.29, 1.82) is 0 Å². The minimum absolute atomic E-state index is 0.0552. The summed E-state index contributed by atoms with van der Waals surface area (Å²) in [5.41, 5.74) is 5.09. The van der Waals surface area contributed by atoms with Crippen LogP contribution in [0.2, 0.25) is 0 Å². The second-order valence-electron chi connectivity index (χ2n) is 8.41. The number of para-hydroxylation sites is 2.